The average Bonchev–Trinajstić information content (AvgIpc) is 2.42. The van der Waals surface area contributed by atoms with Gasteiger partial charge in [-0.15, -0.1) is 0 Å². The summed E-state index contributed by atoms with van der Waals surface area (Å²) in [7, 11) is 0. The Balaban J connectivity index is 2.41. The largest absolute Gasteiger partial charge is 0.500 e. The second kappa shape index (κ2) is 4.45. The van der Waals surface area contributed by atoms with Crippen LogP contribution in [0.25, 0.3) is 0 Å². The zero-order valence-electron chi connectivity index (χ0n) is 7.40. The second-order valence-electron chi connectivity index (χ2n) is 2.54. The third-order valence-corrected chi connectivity index (χ3v) is 1.47. The van der Waals surface area contributed by atoms with Crippen molar-refractivity contribution in [2.45, 2.75) is 13.3 Å². The minimum Gasteiger partial charge on any atom is -0.500 e. The van der Waals surface area contributed by atoms with Crippen LogP contribution in [-0.4, -0.2) is 23.3 Å². The summed E-state index contributed by atoms with van der Waals surface area (Å²) in [5, 5.41) is 0. The van der Waals surface area contributed by atoms with Crippen LogP contribution < -0.4 is 0 Å². The average molecular weight is 181 g/mol. The molecule has 70 valence electrons. The van der Waals surface area contributed by atoms with Gasteiger partial charge < -0.3 is 4.74 Å². The van der Waals surface area contributed by atoms with Crippen molar-refractivity contribution in [3.63, 3.8) is 0 Å². The molecule has 0 fully saturated rings. The summed E-state index contributed by atoms with van der Waals surface area (Å²) in [6.45, 7) is 2.56. The number of nitrogens with zero attached hydrogens (tertiary/aromatic N) is 1. The van der Waals surface area contributed by atoms with Crippen molar-refractivity contribution in [3.8, 4) is 0 Å². The van der Waals surface area contributed by atoms with Gasteiger partial charge in [-0.2, -0.15) is 0 Å². The highest BCUT2D eigenvalue weighted by Gasteiger charge is 2.20. The number of hydrogen-bond donors (Lipinski definition) is 0. The number of imide groups is 1. The van der Waals surface area contributed by atoms with Crippen LogP contribution in [0.15, 0.2) is 24.6 Å². The predicted molar refractivity (Wildman–Crippen MR) is 46.4 cm³/mol. The van der Waals surface area contributed by atoms with Gasteiger partial charge in [-0.25, -0.2) is 4.90 Å². The fraction of sp³-hybridized carbons (Fsp3) is 0.333. The maximum Gasteiger partial charge on any atom is 0.257 e. The van der Waals surface area contributed by atoms with Gasteiger partial charge in [0.2, 0.25) is 0 Å². The molecular weight excluding hydrogens is 170 g/mol. The van der Waals surface area contributed by atoms with E-state index in [0.717, 1.165) is 11.3 Å². The van der Waals surface area contributed by atoms with E-state index in [4.69, 9.17) is 4.74 Å². The molecule has 0 N–H and O–H groups in total. The fourth-order valence-corrected chi connectivity index (χ4v) is 0.848. The van der Waals surface area contributed by atoms with Crippen molar-refractivity contribution in [1.29, 1.82) is 0 Å². The molecule has 0 aromatic heterocycles. The summed E-state index contributed by atoms with van der Waals surface area (Å²) < 4.78 is 4.99. The number of rotatable bonds is 4. The quantitative estimate of drug-likeness (QED) is 0.366. The van der Waals surface area contributed by atoms with Gasteiger partial charge in [-0.05, 0) is 6.42 Å². The predicted octanol–water partition coefficient (Wildman–Crippen LogP) is 0.809. The lowest BCUT2D eigenvalue weighted by atomic mass is 10.5. The monoisotopic (exact) mass is 181 g/mol. The summed E-state index contributed by atoms with van der Waals surface area (Å²) >= 11 is 0. The number of carbonyl (C=O) groups excluding carboxylic acids is 2. The van der Waals surface area contributed by atoms with E-state index in [2.05, 4.69) is 0 Å². The lowest BCUT2D eigenvalue weighted by Gasteiger charge is -2.06. The van der Waals surface area contributed by atoms with E-state index in [0.29, 0.717) is 6.61 Å². The van der Waals surface area contributed by atoms with Gasteiger partial charge in [-0.3, -0.25) is 9.59 Å². The molecular formula is C9H11NO3. The first-order chi connectivity index (χ1) is 6.25. The highest BCUT2D eigenvalue weighted by molar-refractivity contribution is 6.13. The maximum absolute atomic E-state index is 11.0. The molecule has 0 saturated heterocycles. The summed E-state index contributed by atoms with van der Waals surface area (Å²) in [4.78, 5) is 22.9. The van der Waals surface area contributed by atoms with E-state index in [1.54, 1.807) is 0 Å². The standard InChI is InChI=1S/C9H11NO3/c1-2-6-13-7-5-10-8(11)3-4-9(10)12/h3-5,7H,2,6H2,1H3/b7-5+. The molecule has 0 atom stereocenters. The smallest absolute Gasteiger partial charge is 0.257 e. The molecule has 2 amide bonds. The zero-order valence-corrected chi connectivity index (χ0v) is 7.40. The van der Waals surface area contributed by atoms with Crippen LogP contribution in [0.3, 0.4) is 0 Å². The van der Waals surface area contributed by atoms with Crippen molar-refractivity contribution in [1.82, 2.24) is 4.90 Å². The SMILES string of the molecule is CCCO/C=C/N1C(=O)C=CC1=O. The highest BCUT2D eigenvalue weighted by atomic mass is 16.5. The van der Waals surface area contributed by atoms with E-state index in [1.807, 2.05) is 6.92 Å². The molecule has 0 radical (unpaired) electrons. The Hall–Kier alpha value is -1.58. The molecule has 4 nitrogen and oxygen atoms in total. The van der Waals surface area contributed by atoms with E-state index in [-0.39, 0.29) is 11.8 Å². The minimum absolute atomic E-state index is 0.332. The normalized spacial score (nSPS) is 16.2. The second-order valence-corrected chi connectivity index (χ2v) is 2.54. The van der Waals surface area contributed by atoms with Crippen molar-refractivity contribution < 1.29 is 14.3 Å². The molecule has 1 rings (SSSR count). The number of hydrogen-bond acceptors (Lipinski definition) is 3. The van der Waals surface area contributed by atoms with Crippen LogP contribution in [0.2, 0.25) is 0 Å². The zero-order chi connectivity index (χ0) is 9.68. The molecule has 1 aliphatic heterocycles. The third kappa shape index (κ3) is 2.43. The van der Waals surface area contributed by atoms with Crippen LogP contribution in [0.5, 0.6) is 0 Å². The van der Waals surface area contributed by atoms with E-state index in [1.165, 1.54) is 24.6 Å². The van der Waals surface area contributed by atoms with Gasteiger partial charge in [0.05, 0.1) is 19.1 Å². The van der Waals surface area contributed by atoms with Gasteiger partial charge >= 0.3 is 0 Å². The van der Waals surface area contributed by atoms with E-state index >= 15 is 0 Å². The minimum atomic E-state index is -0.332. The van der Waals surface area contributed by atoms with E-state index < -0.39 is 0 Å². The number of ether oxygens (including phenoxy) is 1. The summed E-state index contributed by atoms with van der Waals surface area (Å²) in [6, 6.07) is 0. The Labute approximate surface area is 76.5 Å². The molecule has 0 aliphatic carbocycles. The molecule has 0 aromatic carbocycles. The Morgan fingerprint density at radius 2 is 2.00 bits per heavy atom. The lowest BCUT2D eigenvalue weighted by molar-refractivity contribution is -0.133. The fourth-order valence-electron chi connectivity index (χ4n) is 0.848. The lowest BCUT2D eigenvalue weighted by Crippen LogP contribution is -2.23. The molecule has 1 heterocycles. The molecule has 0 aromatic rings. The summed E-state index contributed by atoms with van der Waals surface area (Å²) in [6.07, 6.45) is 6.04. The first-order valence-corrected chi connectivity index (χ1v) is 4.09. The molecule has 13 heavy (non-hydrogen) atoms. The molecule has 0 bridgehead atoms. The number of amides is 2. The molecule has 0 unspecified atom stereocenters. The third-order valence-electron chi connectivity index (χ3n) is 1.47. The van der Waals surface area contributed by atoms with Gasteiger partial charge in [-0.1, -0.05) is 6.92 Å². The Bertz CT molecular complexity index is 250. The topological polar surface area (TPSA) is 46.6 Å². The Morgan fingerprint density at radius 3 is 2.54 bits per heavy atom. The first kappa shape index (κ1) is 9.51. The summed E-state index contributed by atoms with van der Waals surface area (Å²) in [5.41, 5.74) is 0. The number of carbonyl (C=O) groups is 2. The molecule has 4 heteroatoms. The van der Waals surface area contributed by atoms with Gasteiger partial charge in [0.15, 0.2) is 0 Å². The van der Waals surface area contributed by atoms with Crippen LogP contribution in [0, 0.1) is 0 Å². The first-order valence-electron chi connectivity index (χ1n) is 4.09. The maximum atomic E-state index is 11.0. The van der Waals surface area contributed by atoms with Crippen LogP contribution in [0.4, 0.5) is 0 Å². The van der Waals surface area contributed by atoms with Gasteiger partial charge in [0.25, 0.3) is 11.8 Å². The van der Waals surface area contributed by atoms with Crippen molar-refractivity contribution in [2.24, 2.45) is 0 Å². The van der Waals surface area contributed by atoms with Crippen LogP contribution in [0.1, 0.15) is 13.3 Å². The van der Waals surface area contributed by atoms with Crippen molar-refractivity contribution in [3.05, 3.63) is 24.6 Å². The Kier molecular flexibility index (Phi) is 3.25. The van der Waals surface area contributed by atoms with Gasteiger partial charge in [0, 0.05) is 12.2 Å². The highest BCUT2D eigenvalue weighted by Crippen LogP contribution is 2.03. The van der Waals surface area contributed by atoms with E-state index in [9.17, 15) is 9.59 Å². The molecule has 1 aliphatic rings. The van der Waals surface area contributed by atoms with Crippen LogP contribution in [-0.2, 0) is 14.3 Å². The van der Waals surface area contributed by atoms with Gasteiger partial charge in [0.1, 0.15) is 0 Å². The van der Waals surface area contributed by atoms with Crippen molar-refractivity contribution >= 4 is 11.8 Å². The molecule has 0 saturated carbocycles. The Morgan fingerprint density at radius 1 is 1.38 bits per heavy atom. The molecule has 0 spiro atoms. The van der Waals surface area contributed by atoms with Crippen molar-refractivity contribution in [2.75, 3.05) is 6.61 Å². The van der Waals surface area contributed by atoms with Crippen LogP contribution >= 0.6 is 0 Å². The summed E-state index contributed by atoms with van der Waals surface area (Å²) in [5.74, 6) is -0.664.